The number of aromatic nitrogens is 2. The van der Waals surface area contributed by atoms with Crippen LogP contribution in [0.25, 0.3) is 11.0 Å². The quantitative estimate of drug-likeness (QED) is 0.829. The first-order valence-electron chi connectivity index (χ1n) is 7.34. The first kappa shape index (κ1) is 16.1. The van der Waals surface area contributed by atoms with Crippen LogP contribution in [0.4, 0.5) is 4.79 Å². The Kier molecular flexibility index (Phi) is 4.50. The Labute approximate surface area is 143 Å². The maximum atomic E-state index is 12.1. The fraction of sp³-hybridized carbons (Fsp3) is 0.400. The number of imide groups is 1. The zero-order valence-corrected chi connectivity index (χ0v) is 14.4. The highest BCUT2D eigenvalue weighted by molar-refractivity contribution is 8.00. The van der Waals surface area contributed by atoms with E-state index in [-0.39, 0.29) is 11.9 Å². The van der Waals surface area contributed by atoms with Gasteiger partial charge in [-0.25, -0.2) is 9.78 Å². The lowest BCUT2D eigenvalue weighted by Crippen LogP contribution is -2.43. The lowest BCUT2D eigenvalue weighted by Gasteiger charge is -2.11. The summed E-state index contributed by atoms with van der Waals surface area (Å²) in [5.41, 5.74) is 1.72. The molecule has 1 aliphatic rings. The molecule has 1 aliphatic carbocycles. The van der Waals surface area contributed by atoms with E-state index in [0.717, 1.165) is 23.9 Å². The number of hydrogen-bond donors (Lipinski definition) is 2. The van der Waals surface area contributed by atoms with Crippen LogP contribution in [0.3, 0.4) is 0 Å². The second-order valence-corrected chi connectivity index (χ2v) is 7.33. The minimum atomic E-state index is -0.439. The van der Waals surface area contributed by atoms with E-state index in [1.165, 1.54) is 11.8 Å². The predicted molar refractivity (Wildman–Crippen MR) is 90.7 cm³/mol. The number of aryl methyl sites for hydroxylation is 1. The third kappa shape index (κ3) is 3.79. The highest BCUT2D eigenvalue weighted by atomic mass is 35.5. The fourth-order valence-electron chi connectivity index (χ4n) is 2.13. The standard InChI is InChI=1S/C15H17ClN4O2S/c1-8(13(21)19-14(22)17-10-4-5-10)23-15-18-11-7-9(16)3-6-12(11)20(15)2/h3,6-8,10H,4-5H2,1-2H3,(H2,17,19,21,22). The Balaban J connectivity index is 1.66. The number of benzene rings is 1. The summed E-state index contributed by atoms with van der Waals surface area (Å²) >= 11 is 7.28. The van der Waals surface area contributed by atoms with Crippen LogP contribution in [0.1, 0.15) is 19.8 Å². The molecule has 0 radical (unpaired) electrons. The van der Waals surface area contributed by atoms with E-state index in [0.29, 0.717) is 10.2 Å². The van der Waals surface area contributed by atoms with Crippen molar-refractivity contribution in [3.8, 4) is 0 Å². The molecular weight excluding hydrogens is 336 g/mol. The maximum absolute atomic E-state index is 12.1. The normalized spacial score (nSPS) is 15.4. The van der Waals surface area contributed by atoms with Gasteiger partial charge in [0, 0.05) is 18.1 Å². The summed E-state index contributed by atoms with van der Waals surface area (Å²) in [7, 11) is 1.88. The van der Waals surface area contributed by atoms with Gasteiger partial charge in [0.1, 0.15) is 0 Å². The molecule has 0 spiro atoms. The van der Waals surface area contributed by atoms with Gasteiger partial charge in [-0.05, 0) is 38.0 Å². The SMILES string of the molecule is CC(Sc1nc2cc(Cl)ccc2n1C)C(=O)NC(=O)NC1CC1. The Bertz CT molecular complexity index is 772. The van der Waals surface area contributed by atoms with Crippen molar-refractivity contribution in [3.63, 3.8) is 0 Å². The minimum Gasteiger partial charge on any atom is -0.335 e. The van der Waals surface area contributed by atoms with E-state index in [9.17, 15) is 9.59 Å². The number of urea groups is 1. The van der Waals surface area contributed by atoms with Crippen molar-refractivity contribution in [2.24, 2.45) is 7.05 Å². The first-order valence-corrected chi connectivity index (χ1v) is 8.60. The number of nitrogens with zero attached hydrogens (tertiary/aromatic N) is 2. The first-order chi connectivity index (χ1) is 10.9. The second-order valence-electron chi connectivity index (χ2n) is 5.58. The molecule has 1 atom stereocenters. The number of hydrogen-bond acceptors (Lipinski definition) is 4. The summed E-state index contributed by atoms with van der Waals surface area (Å²) in [5, 5.41) is 5.98. The summed E-state index contributed by atoms with van der Waals surface area (Å²) in [5.74, 6) is -0.335. The van der Waals surface area contributed by atoms with Gasteiger partial charge in [-0.15, -0.1) is 0 Å². The molecule has 122 valence electrons. The van der Waals surface area contributed by atoms with Gasteiger partial charge in [0.25, 0.3) is 0 Å². The molecule has 0 bridgehead atoms. The maximum Gasteiger partial charge on any atom is 0.321 e. The molecule has 0 saturated heterocycles. The van der Waals surface area contributed by atoms with E-state index < -0.39 is 11.3 Å². The molecule has 23 heavy (non-hydrogen) atoms. The van der Waals surface area contributed by atoms with Crippen molar-refractivity contribution in [2.75, 3.05) is 0 Å². The average molecular weight is 353 g/mol. The number of carbonyl (C=O) groups excluding carboxylic acids is 2. The summed E-state index contributed by atoms with van der Waals surface area (Å²) in [6.07, 6.45) is 1.96. The number of thioether (sulfide) groups is 1. The predicted octanol–water partition coefficient (Wildman–Crippen LogP) is 2.70. The third-order valence-corrected chi connectivity index (χ3v) is 4.98. The van der Waals surface area contributed by atoms with Gasteiger partial charge in [0.15, 0.2) is 5.16 Å². The smallest absolute Gasteiger partial charge is 0.321 e. The number of halogens is 1. The van der Waals surface area contributed by atoms with Gasteiger partial charge in [0.2, 0.25) is 5.91 Å². The van der Waals surface area contributed by atoms with Crippen molar-refractivity contribution >= 4 is 46.3 Å². The topological polar surface area (TPSA) is 76.0 Å². The molecule has 1 fully saturated rings. The zero-order chi connectivity index (χ0) is 16.6. The van der Waals surface area contributed by atoms with Gasteiger partial charge in [-0.3, -0.25) is 10.1 Å². The Morgan fingerprint density at radius 3 is 2.87 bits per heavy atom. The van der Waals surface area contributed by atoms with E-state index in [4.69, 9.17) is 11.6 Å². The Morgan fingerprint density at radius 2 is 2.17 bits per heavy atom. The highest BCUT2D eigenvalue weighted by Gasteiger charge is 2.25. The van der Waals surface area contributed by atoms with Gasteiger partial charge in [0.05, 0.1) is 16.3 Å². The van der Waals surface area contributed by atoms with Crippen LogP contribution < -0.4 is 10.6 Å². The van der Waals surface area contributed by atoms with E-state index in [1.54, 1.807) is 19.1 Å². The van der Waals surface area contributed by atoms with Gasteiger partial charge < -0.3 is 9.88 Å². The van der Waals surface area contributed by atoms with Gasteiger partial charge in [-0.2, -0.15) is 0 Å². The Morgan fingerprint density at radius 1 is 1.43 bits per heavy atom. The molecule has 3 rings (SSSR count). The molecular formula is C15H17ClN4O2S. The third-order valence-electron chi connectivity index (χ3n) is 3.60. The van der Waals surface area contributed by atoms with E-state index in [1.807, 2.05) is 17.7 Å². The number of fused-ring (bicyclic) bond motifs is 1. The summed E-state index contributed by atoms with van der Waals surface area (Å²) in [6.45, 7) is 1.75. The number of imidazole rings is 1. The fourth-order valence-corrected chi connectivity index (χ4v) is 3.19. The number of nitrogens with one attached hydrogen (secondary N) is 2. The van der Waals surface area contributed by atoms with Crippen molar-refractivity contribution in [2.45, 2.75) is 36.2 Å². The lowest BCUT2D eigenvalue weighted by atomic mass is 10.3. The molecule has 3 amide bonds. The van der Waals surface area contributed by atoms with Crippen LogP contribution in [0, 0.1) is 0 Å². The van der Waals surface area contributed by atoms with Crippen molar-refractivity contribution < 1.29 is 9.59 Å². The lowest BCUT2D eigenvalue weighted by molar-refractivity contribution is -0.119. The number of amides is 3. The average Bonchev–Trinajstić information content (AvgIpc) is 3.24. The van der Waals surface area contributed by atoms with Crippen molar-refractivity contribution in [1.82, 2.24) is 20.2 Å². The Hall–Kier alpha value is -1.73. The second kappa shape index (κ2) is 6.41. The van der Waals surface area contributed by atoms with Crippen LogP contribution in [0.5, 0.6) is 0 Å². The number of rotatable bonds is 4. The molecule has 8 heteroatoms. The summed E-state index contributed by atoms with van der Waals surface area (Å²) in [4.78, 5) is 28.2. The molecule has 2 N–H and O–H groups in total. The molecule has 2 aromatic rings. The van der Waals surface area contributed by atoms with Gasteiger partial charge in [-0.1, -0.05) is 23.4 Å². The van der Waals surface area contributed by atoms with E-state index >= 15 is 0 Å². The van der Waals surface area contributed by atoms with Gasteiger partial charge >= 0.3 is 6.03 Å². The summed E-state index contributed by atoms with van der Waals surface area (Å²) in [6, 6.07) is 5.27. The van der Waals surface area contributed by atoms with Crippen LogP contribution in [0.15, 0.2) is 23.4 Å². The molecule has 1 aromatic heterocycles. The van der Waals surface area contributed by atoms with Crippen molar-refractivity contribution in [1.29, 1.82) is 0 Å². The van der Waals surface area contributed by atoms with E-state index in [2.05, 4.69) is 15.6 Å². The molecule has 1 aromatic carbocycles. The molecule has 6 nitrogen and oxygen atoms in total. The summed E-state index contributed by atoms with van der Waals surface area (Å²) < 4.78 is 1.91. The molecule has 0 aliphatic heterocycles. The molecule has 1 heterocycles. The van der Waals surface area contributed by atoms with Crippen LogP contribution in [0.2, 0.25) is 5.02 Å². The van der Waals surface area contributed by atoms with Crippen LogP contribution >= 0.6 is 23.4 Å². The number of carbonyl (C=O) groups is 2. The molecule has 1 saturated carbocycles. The molecule has 1 unspecified atom stereocenters. The highest BCUT2D eigenvalue weighted by Crippen LogP contribution is 2.27. The largest absolute Gasteiger partial charge is 0.335 e. The monoisotopic (exact) mass is 352 g/mol. The zero-order valence-electron chi connectivity index (χ0n) is 12.8. The van der Waals surface area contributed by atoms with Crippen molar-refractivity contribution in [3.05, 3.63) is 23.2 Å². The van der Waals surface area contributed by atoms with Crippen LogP contribution in [-0.2, 0) is 11.8 Å². The minimum absolute atomic E-state index is 0.218. The van der Waals surface area contributed by atoms with Crippen LogP contribution in [-0.4, -0.2) is 32.8 Å².